The molecule has 1 fully saturated rings. The topological polar surface area (TPSA) is 82.8 Å². The van der Waals surface area contributed by atoms with E-state index in [1.54, 1.807) is 7.11 Å². The summed E-state index contributed by atoms with van der Waals surface area (Å²) in [6.45, 7) is 11.8. The molecule has 1 saturated heterocycles. The quantitative estimate of drug-likeness (QED) is 0.309. The Morgan fingerprint density at radius 1 is 1.31 bits per heavy atom. The summed E-state index contributed by atoms with van der Waals surface area (Å²) in [6, 6.07) is 0.760. The number of aliphatic imine (C=N–C) groups is 1. The second-order valence-corrected chi connectivity index (χ2v) is 7.85. The van der Waals surface area contributed by atoms with Crippen LogP contribution in [0.15, 0.2) is 4.99 Å². The summed E-state index contributed by atoms with van der Waals surface area (Å²) in [6.07, 6.45) is 1.95. The van der Waals surface area contributed by atoms with Crippen LogP contribution in [-0.2, 0) is 24.3 Å². The van der Waals surface area contributed by atoms with Crippen LogP contribution in [-0.4, -0.2) is 96.0 Å². The van der Waals surface area contributed by atoms with E-state index in [0.29, 0.717) is 18.7 Å². The first-order valence-corrected chi connectivity index (χ1v) is 10.5. The highest BCUT2D eigenvalue weighted by Crippen LogP contribution is 2.13. The molecule has 1 aromatic rings. The minimum absolute atomic E-state index is 0. The van der Waals surface area contributed by atoms with Crippen molar-refractivity contribution in [1.29, 1.82) is 0 Å². The zero-order chi connectivity index (χ0) is 19.9. The average Bonchev–Trinajstić information content (AvgIpc) is 3.08. The van der Waals surface area contributed by atoms with Gasteiger partial charge in [-0.2, -0.15) is 5.10 Å². The minimum atomic E-state index is 0. The Bertz CT molecular complexity index is 644. The van der Waals surface area contributed by atoms with Gasteiger partial charge in [0.05, 0.1) is 13.1 Å². The number of guanidine groups is 1. The fourth-order valence-corrected chi connectivity index (χ4v) is 3.78. The van der Waals surface area contributed by atoms with Gasteiger partial charge in [-0.25, -0.2) is 9.67 Å². The molecule has 3 rings (SSSR count). The SMILES string of the molecule is CCNC(=NCC(C)N1CCN(C)CC1)NC1CCc2nc(COC)nn2C1.I. The number of fused-ring (bicyclic) bond motifs is 1. The molecule has 166 valence electrons. The van der Waals surface area contributed by atoms with Crippen LogP contribution in [0.4, 0.5) is 0 Å². The zero-order valence-corrected chi connectivity index (χ0v) is 20.6. The van der Waals surface area contributed by atoms with E-state index in [-0.39, 0.29) is 24.0 Å². The standard InChI is InChI=1S/C19H36N8O.HI/c1-5-20-19(21-12-15(2)26-10-8-25(3)9-11-26)22-16-6-7-18-23-17(14-28-4)24-27(18)13-16;/h15-16H,5-14H2,1-4H3,(H2,20,21,22);1H. The van der Waals surface area contributed by atoms with Gasteiger partial charge in [-0.3, -0.25) is 9.89 Å². The van der Waals surface area contributed by atoms with E-state index < -0.39 is 0 Å². The molecule has 0 aliphatic carbocycles. The summed E-state index contributed by atoms with van der Waals surface area (Å²) in [4.78, 5) is 14.3. The number of aromatic nitrogens is 3. The number of halogens is 1. The maximum atomic E-state index is 5.15. The number of hydrogen-bond donors (Lipinski definition) is 2. The number of rotatable bonds is 7. The first kappa shape index (κ1) is 24.3. The summed E-state index contributed by atoms with van der Waals surface area (Å²) in [5.41, 5.74) is 0. The van der Waals surface area contributed by atoms with E-state index >= 15 is 0 Å². The third-order valence-corrected chi connectivity index (χ3v) is 5.54. The van der Waals surface area contributed by atoms with Crippen molar-refractivity contribution in [3.05, 3.63) is 11.6 Å². The largest absolute Gasteiger partial charge is 0.377 e. The average molecular weight is 520 g/mol. The molecule has 0 radical (unpaired) electrons. The van der Waals surface area contributed by atoms with Crippen LogP contribution in [0, 0.1) is 0 Å². The smallest absolute Gasteiger partial charge is 0.191 e. The molecule has 10 heteroatoms. The van der Waals surface area contributed by atoms with Crippen molar-refractivity contribution >= 4 is 29.9 Å². The zero-order valence-electron chi connectivity index (χ0n) is 18.2. The van der Waals surface area contributed by atoms with Crippen molar-refractivity contribution in [1.82, 2.24) is 35.2 Å². The van der Waals surface area contributed by atoms with Gasteiger partial charge in [-0.1, -0.05) is 0 Å². The van der Waals surface area contributed by atoms with E-state index in [1.165, 1.54) is 0 Å². The van der Waals surface area contributed by atoms with Crippen LogP contribution in [0.1, 0.15) is 31.9 Å². The van der Waals surface area contributed by atoms with Gasteiger partial charge in [0.1, 0.15) is 12.4 Å². The lowest BCUT2D eigenvalue weighted by atomic mass is 10.1. The molecule has 2 unspecified atom stereocenters. The Kier molecular flexibility index (Phi) is 10.1. The van der Waals surface area contributed by atoms with Crippen molar-refractivity contribution in [2.24, 2.45) is 4.99 Å². The van der Waals surface area contributed by atoms with Crippen LogP contribution in [0.2, 0.25) is 0 Å². The Balaban J connectivity index is 0.00000300. The Morgan fingerprint density at radius 3 is 2.76 bits per heavy atom. The molecule has 0 bridgehead atoms. The normalized spacial score (nSPS) is 21.9. The number of hydrogen-bond acceptors (Lipinski definition) is 6. The van der Waals surface area contributed by atoms with Gasteiger partial charge in [0.15, 0.2) is 11.8 Å². The van der Waals surface area contributed by atoms with E-state index in [1.807, 2.05) is 4.68 Å². The van der Waals surface area contributed by atoms with Crippen molar-refractivity contribution in [2.75, 3.05) is 53.4 Å². The highest BCUT2D eigenvalue weighted by molar-refractivity contribution is 14.0. The van der Waals surface area contributed by atoms with E-state index in [9.17, 15) is 0 Å². The minimum Gasteiger partial charge on any atom is -0.377 e. The third-order valence-electron chi connectivity index (χ3n) is 5.54. The molecule has 0 amide bonds. The summed E-state index contributed by atoms with van der Waals surface area (Å²) < 4.78 is 7.16. The van der Waals surface area contributed by atoms with Crippen molar-refractivity contribution in [3.8, 4) is 0 Å². The van der Waals surface area contributed by atoms with Gasteiger partial charge >= 0.3 is 0 Å². The lowest BCUT2D eigenvalue weighted by Gasteiger charge is -2.36. The first-order valence-electron chi connectivity index (χ1n) is 10.5. The number of nitrogens with zero attached hydrogens (tertiary/aromatic N) is 6. The third kappa shape index (κ3) is 7.04. The molecular formula is C19H37IN8O. The molecule has 2 aliphatic rings. The number of likely N-dealkylation sites (N-methyl/N-ethyl adjacent to an activating group) is 1. The number of piperazine rings is 1. The Labute approximate surface area is 191 Å². The highest BCUT2D eigenvalue weighted by Gasteiger charge is 2.23. The lowest BCUT2D eigenvalue weighted by molar-refractivity contribution is 0.122. The molecule has 2 atom stereocenters. The first-order chi connectivity index (χ1) is 13.6. The number of aryl methyl sites for hydroxylation is 1. The lowest BCUT2D eigenvalue weighted by Crippen LogP contribution is -2.50. The van der Waals surface area contributed by atoms with Gasteiger partial charge in [0, 0.05) is 58.3 Å². The Hall–Kier alpha value is -0.980. The van der Waals surface area contributed by atoms with Crippen LogP contribution >= 0.6 is 24.0 Å². The van der Waals surface area contributed by atoms with E-state index in [0.717, 1.165) is 76.3 Å². The molecule has 2 N–H and O–H groups in total. The maximum Gasteiger partial charge on any atom is 0.191 e. The predicted molar refractivity (Wildman–Crippen MR) is 126 cm³/mol. The second kappa shape index (κ2) is 12.0. The molecule has 0 saturated carbocycles. The summed E-state index contributed by atoms with van der Waals surface area (Å²) in [5, 5.41) is 11.5. The molecule has 2 aliphatic heterocycles. The van der Waals surface area contributed by atoms with Gasteiger partial charge in [-0.05, 0) is 27.3 Å². The van der Waals surface area contributed by atoms with Crippen LogP contribution < -0.4 is 10.6 Å². The van der Waals surface area contributed by atoms with Crippen molar-refractivity contribution < 1.29 is 4.74 Å². The van der Waals surface area contributed by atoms with Crippen LogP contribution in [0.25, 0.3) is 0 Å². The van der Waals surface area contributed by atoms with Gasteiger partial charge in [-0.15, -0.1) is 24.0 Å². The molecule has 29 heavy (non-hydrogen) atoms. The monoisotopic (exact) mass is 520 g/mol. The summed E-state index contributed by atoms with van der Waals surface area (Å²) >= 11 is 0. The molecule has 9 nitrogen and oxygen atoms in total. The highest BCUT2D eigenvalue weighted by atomic mass is 127. The van der Waals surface area contributed by atoms with Crippen molar-refractivity contribution in [2.45, 2.75) is 51.9 Å². The molecular weight excluding hydrogens is 483 g/mol. The Morgan fingerprint density at radius 2 is 2.07 bits per heavy atom. The van der Waals surface area contributed by atoms with Crippen molar-refractivity contribution in [3.63, 3.8) is 0 Å². The number of ether oxygens (including phenoxy) is 1. The molecule has 0 spiro atoms. The molecule has 0 aromatic carbocycles. The molecule has 1 aromatic heterocycles. The summed E-state index contributed by atoms with van der Waals surface area (Å²) in [7, 11) is 3.86. The predicted octanol–water partition coefficient (Wildman–Crippen LogP) is 0.548. The van der Waals surface area contributed by atoms with E-state index in [2.05, 4.69) is 51.4 Å². The number of nitrogens with one attached hydrogen (secondary N) is 2. The van der Waals surface area contributed by atoms with Gasteiger partial charge in [0.2, 0.25) is 0 Å². The number of methoxy groups -OCH3 is 1. The van der Waals surface area contributed by atoms with Gasteiger partial charge < -0.3 is 20.3 Å². The van der Waals surface area contributed by atoms with E-state index in [4.69, 9.17) is 9.73 Å². The van der Waals surface area contributed by atoms with Crippen LogP contribution in [0.3, 0.4) is 0 Å². The molecule has 3 heterocycles. The summed E-state index contributed by atoms with van der Waals surface area (Å²) in [5.74, 6) is 2.71. The van der Waals surface area contributed by atoms with Gasteiger partial charge in [0.25, 0.3) is 0 Å². The fourth-order valence-electron chi connectivity index (χ4n) is 3.78. The maximum absolute atomic E-state index is 5.15. The van der Waals surface area contributed by atoms with Crippen LogP contribution in [0.5, 0.6) is 0 Å². The fraction of sp³-hybridized carbons (Fsp3) is 0.842. The second-order valence-electron chi connectivity index (χ2n) is 7.85.